The number of hydrogen-bond acceptors (Lipinski definition) is 4. The van der Waals surface area contributed by atoms with Crippen molar-refractivity contribution in [1.82, 2.24) is 0 Å². The van der Waals surface area contributed by atoms with Crippen LogP contribution < -0.4 is 15.1 Å². The normalized spacial score (nSPS) is 19.1. The van der Waals surface area contributed by atoms with Gasteiger partial charge in [0, 0.05) is 47.6 Å². The molecule has 1 unspecified atom stereocenters. The third-order valence-electron chi connectivity index (χ3n) is 7.17. The van der Waals surface area contributed by atoms with E-state index in [1.54, 1.807) is 0 Å². The Kier molecular flexibility index (Phi) is 6.32. The summed E-state index contributed by atoms with van der Waals surface area (Å²) in [5.74, 6) is -0.970. The molecule has 35 heavy (non-hydrogen) atoms. The molecular weight excluding hydrogens is 481 g/mol. The summed E-state index contributed by atoms with van der Waals surface area (Å²) in [6, 6.07) is 20.1. The van der Waals surface area contributed by atoms with E-state index < -0.39 is 5.97 Å². The molecule has 0 bridgehead atoms. The van der Waals surface area contributed by atoms with Crippen molar-refractivity contribution in [1.29, 1.82) is 0 Å². The van der Waals surface area contributed by atoms with Crippen LogP contribution in [0, 0.1) is 5.41 Å². The molecule has 0 radical (unpaired) electrons. The standard InChI is InChI=1S/C28H29Cl2N3O2/c1-28(2)17-19-14-21(30)16-24(27(34)35)25(19)31-26(28)18-4-3-5-23(15-18)33-12-10-32(11-13-33)22-8-6-20(29)7-9-22/h3-9,14-16,26,31H,10-13,17H2,1-2H3,(H,34,35). The SMILES string of the molecule is CC1(C)Cc2cc(Cl)cc(C(=O)O)c2NC1c1cccc(N2CCN(c3ccc(Cl)cc3)CC2)c1. The zero-order valence-corrected chi connectivity index (χ0v) is 21.4. The average molecular weight is 510 g/mol. The molecule has 0 spiro atoms. The first-order chi connectivity index (χ1) is 16.7. The maximum Gasteiger partial charge on any atom is 0.337 e. The molecule has 182 valence electrons. The van der Waals surface area contributed by atoms with E-state index in [9.17, 15) is 9.90 Å². The second-order valence-electron chi connectivity index (χ2n) is 10.1. The van der Waals surface area contributed by atoms with Crippen molar-refractivity contribution in [3.63, 3.8) is 0 Å². The minimum Gasteiger partial charge on any atom is -0.478 e. The Labute approximate surface area is 216 Å². The molecule has 2 N–H and O–H groups in total. The molecule has 1 fully saturated rings. The molecule has 1 saturated heterocycles. The van der Waals surface area contributed by atoms with Crippen LogP contribution in [0.15, 0.2) is 60.7 Å². The molecule has 5 rings (SSSR count). The van der Waals surface area contributed by atoms with Gasteiger partial charge in [0.15, 0.2) is 0 Å². The van der Waals surface area contributed by atoms with Gasteiger partial charge >= 0.3 is 5.97 Å². The third-order valence-corrected chi connectivity index (χ3v) is 7.64. The van der Waals surface area contributed by atoms with Crippen molar-refractivity contribution in [3.05, 3.63) is 87.4 Å². The first-order valence-electron chi connectivity index (χ1n) is 11.9. The van der Waals surface area contributed by atoms with E-state index in [0.29, 0.717) is 10.7 Å². The van der Waals surface area contributed by atoms with Crippen LogP contribution in [0.2, 0.25) is 10.0 Å². The summed E-state index contributed by atoms with van der Waals surface area (Å²) < 4.78 is 0. The van der Waals surface area contributed by atoms with Crippen LogP contribution in [0.5, 0.6) is 0 Å². The largest absolute Gasteiger partial charge is 0.478 e. The lowest BCUT2D eigenvalue weighted by molar-refractivity contribution is 0.0697. The lowest BCUT2D eigenvalue weighted by Gasteiger charge is -2.42. The summed E-state index contributed by atoms with van der Waals surface area (Å²) in [6.07, 6.45) is 0.741. The number of fused-ring (bicyclic) bond motifs is 1. The zero-order valence-electron chi connectivity index (χ0n) is 19.9. The second kappa shape index (κ2) is 9.29. The number of anilines is 3. The van der Waals surface area contributed by atoms with Gasteiger partial charge in [0.1, 0.15) is 0 Å². The molecule has 2 heterocycles. The number of carboxylic acid groups (broad SMARTS) is 1. The van der Waals surface area contributed by atoms with Crippen molar-refractivity contribution >= 4 is 46.2 Å². The minimum atomic E-state index is -0.970. The van der Waals surface area contributed by atoms with Gasteiger partial charge in [0.2, 0.25) is 0 Å². The fraction of sp³-hybridized carbons (Fsp3) is 0.321. The Hall–Kier alpha value is -2.89. The second-order valence-corrected chi connectivity index (χ2v) is 11.0. The summed E-state index contributed by atoms with van der Waals surface area (Å²) in [6.45, 7) is 8.17. The van der Waals surface area contributed by atoms with Gasteiger partial charge in [-0.05, 0) is 71.5 Å². The van der Waals surface area contributed by atoms with Crippen LogP contribution in [0.3, 0.4) is 0 Å². The Morgan fingerprint density at radius 2 is 1.57 bits per heavy atom. The molecule has 1 atom stereocenters. The highest BCUT2D eigenvalue weighted by Gasteiger charge is 2.38. The van der Waals surface area contributed by atoms with Crippen molar-refractivity contribution in [2.45, 2.75) is 26.3 Å². The molecule has 3 aromatic rings. The highest BCUT2D eigenvalue weighted by atomic mass is 35.5. The van der Waals surface area contributed by atoms with Crippen LogP contribution in [-0.4, -0.2) is 37.3 Å². The van der Waals surface area contributed by atoms with E-state index in [2.05, 4.69) is 65.4 Å². The van der Waals surface area contributed by atoms with Gasteiger partial charge in [0.05, 0.1) is 17.3 Å². The average Bonchev–Trinajstić information content (AvgIpc) is 2.83. The van der Waals surface area contributed by atoms with Crippen molar-refractivity contribution < 1.29 is 9.90 Å². The van der Waals surface area contributed by atoms with Gasteiger partial charge in [-0.15, -0.1) is 0 Å². The van der Waals surface area contributed by atoms with E-state index in [1.807, 2.05) is 18.2 Å². The van der Waals surface area contributed by atoms with Crippen LogP contribution in [-0.2, 0) is 6.42 Å². The van der Waals surface area contributed by atoms with Gasteiger partial charge in [-0.3, -0.25) is 0 Å². The minimum absolute atomic E-state index is 0.0235. The van der Waals surface area contributed by atoms with E-state index >= 15 is 0 Å². The smallest absolute Gasteiger partial charge is 0.337 e. The lowest BCUT2D eigenvalue weighted by atomic mass is 9.72. The predicted molar refractivity (Wildman–Crippen MR) is 145 cm³/mol. The molecule has 0 aliphatic carbocycles. The Morgan fingerprint density at radius 1 is 0.914 bits per heavy atom. The summed E-state index contributed by atoms with van der Waals surface area (Å²) in [4.78, 5) is 16.7. The molecule has 5 nitrogen and oxygen atoms in total. The van der Waals surface area contributed by atoms with Crippen molar-refractivity contribution in [2.24, 2.45) is 5.41 Å². The number of piperazine rings is 1. The maximum absolute atomic E-state index is 11.9. The summed E-state index contributed by atoms with van der Waals surface area (Å²) in [5.41, 5.74) is 5.27. The van der Waals surface area contributed by atoms with Gasteiger partial charge in [-0.2, -0.15) is 0 Å². The number of nitrogens with one attached hydrogen (secondary N) is 1. The van der Waals surface area contributed by atoms with Crippen LogP contribution in [0.1, 0.15) is 41.4 Å². The fourth-order valence-electron chi connectivity index (χ4n) is 5.38. The molecule has 2 aliphatic rings. The number of nitrogens with zero attached hydrogens (tertiary/aromatic N) is 2. The number of carboxylic acids is 1. The highest BCUT2D eigenvalue weighted by molar-refractivity contribution is 6.31. The van der Waals surface area contributed by atoms with E-state index in [-0.39, 0.29) is 17.0 Å². The first kappa shape index (κ1) is 23.8. The Morgan fingerprint density at radius 3 is 2.23 bits per heavy atom. The van der Waals surface area contributed by atoms with Crippen molar-refractivity contribution in [2.75, 3.05) is 41.3 Å². The van der Waals surface area contributed by atoms with Crippen LogP contribution in [0.4, 0.5) is 17.1 Å². The monoisotopic (exact) mass is 509 g/mol. The predicted octanol–water partition coefficient (Wildman–Crippen LogP) is 6.75. The molecule has 3 aromatic carbocycles. The van der Waals surface area contributed by atoms with Gasteiger partial charge in [-0.1, -0.05) is 49.2 Å². The molecule has 0 saturated carbocycles. The van der Waals surface area contributed by atoms with E-state index in [0.717, 1.165) is 48.7 Å². The fourth-order valence-corrected chi connectivity index (χ4v) is 5.75. The Balaban J connectivity index is 1.37. The third kappa shape index (κ3) is 4.80. The molecule has 0 aromatic heterocycles. The number of rotatable bonds is 4. The molecule has 7 heteroatoms. The highest BCUT2D eigenvalue weighted by Crippen LogP contribution is 2.47. The van der Waals surface area contributed by atoms with Crippen LogP contribution in [0.25, 0.3) is 0 Å². The quantitative estimate of drug-likeness (QED) is 0.407. The molecule has 2 aliphatic heterocycles. The summed E-state index contributed by atoms with van der Waals surface area (Å²) >= 11 is 12.3. The molecular formula is C28H29Cl2N3O2. The summed E-state index contributed by atoms with van der Waals surface area (Å²) in [5, 5.41) is 14.5. The summed E-state index contributed by atoms with van der Waals surface area (Å²) in [7, 11) is 0. The number of hydrogen-bond donors (Lipinski definition) is 2. The number of carbonyl (C=O) groups is 1. The lowest BCUT2D eigenvalue weighted by Crippen LogP contribution is -2.46. The first-order valence-corrected chi connectivity index (χ1v) is 12.6. The van der Waals surface area contributed by atoms with Crippen molar-refractivity contribution in [3.8, 4) is 0 Å². The Bertz CT molecular complexity index is 1250. The maximum atomic E-state index is 11.9. The zero-order chi connectivity index (χ0) is 24.7. The number of halogens is 2. The van der Waals surface area contributed by atoms with Crippen LogP contribution >= 0.6 is 23.2 Å². The van der Waals surface area contributed by atoms with E-state index in [4.69, 9.17) is 23.2 Å². The van der Waals surface area contributed by atoms with E-state index in [1.165, 1.54) is 17.4 Å². The van der Waals surface area contributed by atoms with Gasteiger partial charge in [-0.25, -0.2) is 4.79 Å². The van der Waals surface area contributed by atoms with Gasteiger partial charge in [0.25, 0.3) is 0 Å². The molecule has 0 amide bonds. The van der Waals surface area contributed by atoms with Gasteiger partial charge < -0.3 is 20.2 Å². The number of benzene rings is 3. The number of aromatic carboxylic acids is 1. The topological polar surface area (TPSA) is 55.8 Å².